The van der Waals surface area contributed by atoms with Gasteiger partial charge >= 0.3 is 0 Å². The monoisotopic (exact) mass is 514 g/mol. The molecule has 37 heavy (non-hydrogen) atoms. The maximum absolute atomic E-state index is 11.8. The SMILES string of the molecule is CCC1SC(=O)NN=C1c1ccc2c(c1)CCCN2C(=Nc1ccccc1)c1ccc(OC)c(OC)c1. The van der Waals surface area contributed by atoms with Crippen LogP contribution in [-0.2, 0) is 6.42 Å². The maximum atomic E-state index is 11.8. The molecule has 8 heteroatoms. The third-order valence-electron chi connectivity index (χ3n) is 6.58. The van der Waals surface area contributed by atoms with Gasteiger partial charge in [0.15, 0.2) is 11.5 Å². The number of benzene rings is 3. The topological polar surface area (TPSA) is 75.5 Å². The second-order valence-electron chi connectivity index (χ2n) is 8.85. The molecule has 0 bridgehead atoms. The van der Waals surface area contributed by atoms with Gasteiger partial charge in [0.2, 0.25) is 0 Å². The number of ether oxygens (including phenoxy) is 2. The van der Waals surface area contributed by atoms with E-state index in [-0.39, 0.29) is 10.5 Å². The fourth-order valence-corrected chi connectivity index (χ4v) is 5.60. The fourth-order valence-electron chi connectivity index (χ4n) is 4.77. The molecule has 0 saturated carbocycles. The van der Waals surface area contributed by atoms with Crippen molar-refractivity contribution in [2.75, 3.05) is 25.7 Å². The summed E-state index contributed by atoms with van der Waals surface area (Å²) in [5.41, 5.74) is 8.79. The number of methoxy groups -OCH3 is 2. The number of para-hydroxylation sites is 1. The zero-order chi connectivity index (χ0) is 25.8. The lowest BCUT2D eigenvalue weighted by molar-refractivity contribution is 0.260. The van der Waals surface area contributed by atoms with Gasteiger partial charge in [0.05, 0.1) is 30.9 Å². The number of anilines is 1. The Balaban J connectivity index is 1.58. The maximum Gasteiger partial charge on any atom is 0.299 e. The molecule has 2 aliphatic rings. The van der Waals surface area contributed by atoms with Gasteiger partial charge in [-0.05, 0) is 72.9 Å². The van der Waals surface area contributed by atoms with Crippen LogP contribution in [0.2, 0.25) is 0 Å². The highest BCUT2D eigenvalue weighted by atomic mass is 32.2. The molecule has 0 radical (unpaired) electrons. The van der Waals surface area contributed by atoms with Crippen molar-refractivity contribution in [3.63, 3.8) is 0 Å². The average Bonchev–Trinajstić information content (AvgIpc) is 2.95. The molecule has 0 fully saturated rings. The minimum absolute atomic E-state index is 0.0495. The molecule has 190 valence electrons. The summed E-state index contributed by atoms with van der Waals surface area (Å²) in [4.78, 5) is 19.2. The highest BCUT2D eigenvalue weighted by molar-refractivity contribution is 8.14. The van der Waals surface area contributed by atoms with Crippen LogP contribution in [0.5, 0.6) is 11.5 Å². The normalized spacial score (nSPS) is 17.5. The first-order valence-corrected chi connectivity index (χ1v) is 13.3. The van der Waals surface area contributed by atoms with Gasteiger partial charge in [-0.15, -0.1) is 0 Å². The number of amides is 1. The molecule has 2 heterocycles. The first-order valence-electron chi connectivity index (χ1n) is 12.4. The van der Waals surface area contributed by atoms with Crippen molar-refractivity contribution in [1.82, 2.24) is 5.43 Å². The smallest absolute Gasteiger partial charge is 0.299 e. The van der Waals surface area contributed by atoms with Gasteiger partial charge in [-0.3, -0.25) is 4.79 Å². The molecular formula is C29H30N4O3S. The highest BCUT2D eigenvalue weighted by Gasteiger charge is 2.28. The average molecular weight is 515 g/mol. The van der Waals surface area contributed by atoms with Crippen LogP contribution in [0.3, 0.4) is 0 Å². The quantitative estimate of drug-likeness (QED) is 0.314. The Kier molecular flexibility index (Phi) is 7.46. The molecule has 1 amide bonds. The molecule has 1 unspecified atom stereocenters. The van der Waals surface area contributed by atoms with Crippen LogP contribution < -0.4 is 19.8 Å². The number of nitrogens with zero attached hydrogens (tertiary/aromatic N) is 3. The number of hydrogen-bond acceptors (Lipinski definition) is 6. The zero-order valence-corrected chi connectivity index (χ0v) is 22.0. The summed E-state index contributed by atoms with van der Waals surface area (Å²) in [6.07, 6.45) is 2.80. The van der Waals surface area contributed by atoms with Gasteiger partial charge in [-0.2, -0.15) is 5.10 Å². The third kappa shape index (κ3) is 5.20. The van der Waals surface area contributed by atoms with Crippen molar-refractivity contribution in [2.45, 2.75) is 31.4 Å². The van der Waals surface area contributed by atoms with Crippen LogP contribution >= 0.6 is 11.8 Å². The van der Waals surface area contributed by atoms with E-state index in [0.717, 1.165) is 59.9 Å². The molecule has 0 spiro atoms. The van der Waals surface area contributed by atoms with Crippen LogP contribution in [-0.4, -0.2) is 42.8 Å². The van der Waals surface area contributed by atoms with E-state index in [9.17, 15) is 4.79 Å². The van der Waals surface area contributed by atoms with Crippen LogP contribution in [0.25, 0.3) is 0 Å². The van der Waals surface area contributed by atoms with Crippen molar-refractivity contribution in [3.8, 4) is 11.5 Å². The highest BCUT2D eigenvalue weighted by Crippen LogP contribution is 2.35. The molecule has 1 atom stereocenters. The van der Waals surface area contributed by atoms with Crippen LogP contribution in [0.4, 0.5) is 16.2 Å². The predicted octanol–water partition coefficient (Wildman–Crippen LogP) is 6.17. The number of aryl methyl sites for hydroxylation is 1. The van der Waals surface area contributed by atoms with Gasteiger partial charge in [0, 0.05) is 17.8 Å². The van der Waals surface area contributed by atoms with Crippen molar-refractivity contribution < 1.29 is 14.3 Å². The number of hydrazone groups is 1. The predicted molar refractivity (Wildman–Crippen MR) is 151 cm³/mol. The minimum atomic E-state index is -0.101. The Hall–Kier alpha value is -3.78. The summed E-state index contributed by atoms with van der Waals surface area (Å²) < 4.78 is 11.1. The number of aliphatic imine (C=N–C) groups is 1. The van der Waals surface area contributed by atoms with Crippen molar-refractivity contribution in [1.29, 1.82) is 0 Å². The van der Waals surface area contributed by atoms with E-state index in [1.807, 2.05) is 48.5 Å². The molecular weight excluding hydrogens is 484 g/mol. The van der Waals surface area contributed by atoms with E-state index in [1.54, 1.807) is 14.2 Å². The molecule has 0 aromatic heterocycles. The second-order valence-corrected chi connectivity index (χ2v) is 10.0. The summed E-state index contributed by atoms with van der Waals surface area (Å²) in [6, 6.07) is 22.4. The van der Waals surface area contributed by atoms with Gasteiger partial charge < -0.3 is 14.4 Å². The molecule has 5 rings (SSSR count). The Labute approximate surface area is 221 Å². The molecule has 7 nitrogen and oxygen atoms in total. The van der Waals surface area contributed by atoms with Crippen molar-refractivity contribution >= 4 is 39.9 Å². The fraction of sp³-hybridized carbons (Fsp3) is 0.276. The van der Waals surface area contributed by atoms with Gasteiger partial charge in [-0.25, -0.2) is 10.4 Å². The van der Waals surface area contributed by atoms with E-state index >= 15 is 0 Å². The molecule has 3 aromatic carbocycles. The van der Waals surface area contributed by atoms with E-state index in [0.29, 0.717) is 11.5 Å². The third-order valence-corrected chi connectivity index (χ3v) is 7.72. The number of nitrogens with one attached hydrogen (secondary N) is 1. The summed E-state index contributed by atoms with van der Waals surface area (Å²) in [5.74, 6) is 2.19. The largest absolute Gasteiger partial charge is 0.493 e. The van der Waals surface area contributed by atoms with Crippen LogP contribution in [0, 0.1) is 0 Å². The zero-order valence-electron chi connectivity index (χ0n) is 21.2. The number of fused-ring (bicyclic) bond motifs is 1. The van der Waals surface area contributed by atoms with E-state index in [2.05, 4.69) is 40.5 Å². The van der Waals surface area contributed by atoms with E-state index in [1.165, 1.54) is 17.3 Å². The lowest BCUT2D eigenvalue weighted by Crippen LogP contribution is -2.36. The Morgan fingerprint density at radius 3 is 2.65 bits per heavy atom. The summed E-state index contributed by atoms with van der Waals surface area (Å²) in [5, 5.41) is 4.36. The van der Waals surface area contributed by atoms with Crippen molar-refractivity contribution in [3.05, 3.63) is 83.4 Å². The van der Waals surface area contributed by atoms with E-state index < -0.39 is 0 Å². The first-order chi connectivity index (χ1) is 18.1. The molecule has 3 aromatic rings. The summed E-state index contributed by atoms with van der Waals surface area (Å²) in [6.45, 7) is 2.93. The number of hydrogen-bond donors (Lipinski definition) is 1. The molecule has 1 N–H and O–H groups in total. The Morgan fingerprint density at radius 2 is 1.89 bits per heavy atom. The summed E-state index contributed by atoms with van der Waals surface area (Å²) >= 11 is 1.30. The van der Waals surface area contributed by atoms with Gasteiger partial charge in [-0.1, -0.05) is 43.0 Å². The lowest BCUT2D eigenvalue weighted by Gasteiger charge is -2.33. The molecule has 0 saturated heterocycles. The lowest BCUT2D eigenvalue weighted by atomic mass is 9.95. The van der Waals surface area contributed by atoms with Gasteiger partial charge in [0.1, 0.15) is 5.84 Å². The van der Waals surface area contributed by atoms with Crippen molar-refractivity contribution in [2.24, 2.45) is 10.1 Å². The Bertz CT molecular complexity index is 1360. The molecule has 2 aliphatic heterocycles. The number of rotatable bonds is 6. The first kappa shape index (κ1) is 24.9. The number of amidine groups is 1. The number of thioether (sulfide) groups is 1. The second kappa shape index (κ2) is 11.1. The van der Waals surface area contributed by atoms with Crippen LogP contribution in [0.1, 0.15) is 36.5 Å². The number of carbonyl (C=O) groups is 1. The summed E-state index contributed by atoms with van der Waals surface area (Å²) in [7, 11) is 3.28. The van der Waals surface area contributed by atoms with Crippen LogP contribution in [0.15, 0.2) is 76.8 Å². The molecule has 0 aliphatic carbocycles. The minimum Gasteiger partial charge on any atom is -0.493 e. The van der Waals surface area contributed by atoms with Gasteiger partial charge in [0.25, 0.3) is 5.24 Å². The standard InChI is InChI=1S/C29H30N4O3S/c1-4-26-27(31-32-29(34)37-26)20-12-14-23-19(17-20)9-8-16-33(23)28(30-22-10-6-5-7-11-22)21-13-15-24(35-2)25(18-21)36-3/h5-7,10-15,17-18,26H,4,8-9,16H2,1-3H3,(H,32,34). The van der Waals surface area contributed by atoms with E-state index in [4.69, 9.17) is 14.5 Å². The number of carbonyl (C=O) groups excluding carboxylic acids is 1. The Morgan fingerprint density at radius 1 is 1.08 bits per heavy atom.